The van der Waals surface area contributed by atoms with E-state index in [1.165, 1.54) is 18.3 Å². The fraction of sp³-hybridized carbons (Fsp3) is 0.455. The van der Waals surface area contributed by atoms with Crippen LogP contribution in [-0.2, 0) is 0 Å². The second-order valence-corrected chi connectivity index (χ2v) is 4.28. The van der Waals surface area contributed by atoms with Crippen LogP contribution in [0.5, 0.6) is 0 Å². The summed E-state index contributed by atoms with van der Waals surface area (Å²) < 4.78 is 0. The molecule has 1 aromatic rings. The highest BCUT2D eigenvalue weighted by Crippen LogP contribution is 2.18. The molecule has 0 heterocycles. The van der Waals surface area contributed by atoms with Gasteiger partial charge < -0.3 is 0 Å². The summed E-state index contributed by atoms with van der Waals surface area (Å²) in [6.07, 6.45) is 2.57. The van der Waals surface area contributed by atoms with Gasteiger partial charge in [0.2, 0.25) is 5.14 Å². The Bertz CT molecular complexity index is 260. The maximum absolute atomic E-state index is 2.44. The van der Waals surface area contributed by atoms with Gasteiger partial charge in [-0.2, -0.15) is 0 Å². The molecule has 1 rings (SSSR count). The molecule has 1 atom stereocenters. The highest BCUT2D eigenvalue weighted by molar-refractivity contribution is 14.1. The average Bonchev–Trinajstić information content (AvgIpc) is 2.18. The van der Waals surface area contributed by atoms with Crippen LogP contribution in [0.4, 0.5) is 0 Å². The second kappa shape index (κ2) is 5.68. The van der Waals surface area contributed by atoms with E-state index in [1.807, 2.05) is 0 Å². The van der Waals surface area contributed by atoms with Gasteiger partial charge in [-0.25, -0.2) is 0 Å². The van der Waals surface area contributed by atoms with Gasteiger partial charge in [0.15, 0.2) is 0 Å². The third kappa shape index (κ3) is 3.01. The Labute approximate surface area is 95.2 Å². The zero-order valence-corrected chi connectivity index (χ0v) is 10.5. The van der Waals surface area contributed by atoms with Gasteiger partial charge in [0.25, 0.3) is 0 Å². The zero-order chi connectivity index (χ0) is 9.68. The number of hydrogen-bond donors (Lipinski definition) is 0. The number of benzene rings is 1. The molecule has 0 radical (unpaired) electrons. The van der Waals surface area contributed by atoms with E-state index in [9.17, 15) is 0 Å². The first-order chi connectivity index (χ1) is 6.29. The monoisotopic (exact) mass is 286 g/mol. The lowest BCUT2D eigenvalue weighted by Crippen LogP contribution is -2.16. The van der Waals surface area contributed by atoms with E-state index >= 15 is 0 Å². The Balaban J connectivity index is 2.85. The van der Waals surface area contributed by atoms with Crippen LogP contribution in [0.2, 0.25) is 0 Å². The standard InChI is InChI=1S/C11H16BI/c1-3-6-9(2)10-7-4-5-8-11(10)12-13/h4-5,7-9,12H,3,6H2,1-2H3. The molecule has 0 bridgehead atoms. The van der Waals surface area contributed by atoms with Crippen molar-refractivity contribution >= 4 is 33.0 Å². The Morgan fingerprint density at radius 3 is 2.69 bits per heavy atom. The van der Waals surface area contributed by atoms with Crippen LogP contribution in [0.1, 0.15) is 38.2 Å². The Kier molecular flexibility index (Phi) is 4.85. The lowest BCUT2D eigenvalue weighted by atomic mass is 9.83. The van der Waals surface area contributed by atoms with Crippen LogP contribution in [0.15, 0.2) is 24.3 Å². The van der Waals surface area contributed by atoms with Crippen LogP contribution in [0.3, 0.4) is 0 Å². The van der Waals surface area contributed by atoms with Crippen molar-refractivity contribution in [2.45, 2.75) is 32.6 Å². The Morgan fingerprint density at radius 2 is 2.08 bits per heavy atom. The number of halogens is 1. The van der Waals surface area contributed by atoms with Crippen molar-refractivity contribution in [3.05, 3.63) is 29.8 Å². The quantitative estimate of drug-likeness (QED) is 0.589. The van der Waals surface area contributed by atoms with E-state index in [1.54, 1.807) is 5.56 Å². The van der Waals surface area contributed by atoms with Crippen molar-refractivity contribution in [3.8, 4) is 0 Å². The summed E-state index contributed by atoms with van der Waals surface area (Å²) in [5.74, 6) is 0.718. The molecule has 0 aliphatic heterocycles. The van der Waals surface area contributed by atoms with Gasteiger partial charge in [-0.1, -0.05) is 55.6 Å². The summed E-state index contributed by atoms with van der Waals surface area (Å²) in [5.41, 5.74) is 3.04. The highest BCUT2D eigenvalue weighted by Gasteiger charge is 2.08. The minimum atomic E-state index is 0.718. The third-order valence-electron chi connectivity index (χ3n) is 2.45. The zero-order valence-electron chi connectivity index (χ0n) is 8.39. The molecule has 2 heteroatoms. The van der Waals surface area contributed by atoms with E-state index < -0.39 is 0 Å². The molecule has 0 saturated carbocycles. The molecule has 0 spiro atoms. The van der Waals surface area contributed by atoms with Gasteiger partial charge in [0.1, 0.15) is 0 Å². The van der Waals surface area contributed by atoms with Crippen LogP contribution in [0, 0.1) is 0 Å². The number of rotatable bonds is 4. The summed E-state index contributed by atoms with van der Waals surface area (Å²) >= 11 is 2.44. The van der Waals surface area contributed by atoms with Gasteiger partial charge >= 0.3 is 0 Å². The predicted molar refractivity (Wildman–Crippen MR) is 70.6 cm³/mol. The summed E-state index contributed by atoms with van der Waals surface area (Å²) in [4.78, 5) is 0. The molecular formula is C11H16BI. The fourth-order valence-corrected chi connectivity index (χ4v) is 2.42. The van der Waals surface area contributed by atoms with Gasteiger partial charge in [0.05, 0.1) is 0 Å². The molecule has 1 unspecified atom stereocenters. The average molecular weight is 286 g/mol. The Hall–Kier alpha value is 0.0149. The minimum Gasteiger partial charge on any atom is -0.148 e. The van der Waals surface area contributed by atoms with Gasteiger partial charge in [0, 0.05) is 0 Å². The molecule has 0 fully saturated rings. The molecule has 13 heavy (non-hydrogen) atoms. The molecular weight excluding hydrogens is 270 g/mol. The first kappa shape index (κ1) is 11.1. The predicted octanol–water partition coefficient (Wildman–Crippen LogP) is 3.00. The van der Waals surface area contributed by atoms with Crippen LogP contribution >= 0.6 is 22.4 Å². The topological polar surface area (TPSA) is 0 Å². The lowest BCUT2D eigenvalue weighted by molar-refractivity contribution is 0.668. The molecule has 0 saturated heterocycles. The van der Waals surface area contributed by atoms with Crippen molar-refractivity contribution in [2.75, 3.05) is 0 Å². The SMILES string of the molecule is CCCC(C)c1ccccc1BI. The fourth-order valence-electron chi connectivity index (χ4n) is 1.73. The van der Waals surface area contributed by atoms with Crippen molar-refractivity contribution in [1.29, 1.82) is 0 Å². The van der Waals surface area contributed by atoms with Gasteiger partial charge in [-0.05, 0) is 12.3 Å². The van der Waals surface area contributed by atoms with Crippen molar-refractivity contribution < 1.29 is 0 Å². The summed E-state index contributed by atoms with van der Waals surface area (Å²) in [6.45, 7) is 4.58. The summed E-state index contributed by atoms with van der Waals surface area (Å²) in [7, 11) is 0. The smallest absolute Gasteiger partial charge is 0.148 e. The Morgan fingerprint density at radius 1 is 1.38 bits per heavy atom. The maximum Gasteiger partial charge on any atom is 0.233 e. The molecule has 0 aliphatic rings. The molecule has 0 aliphatic carbocycles. The van der Waals surface area contributed by atoms with Crippen LogP contribution in [0.25, 0.3) is 0 Å². The molecule has 0 N–H and O–H groups in total. The third-order valence-corrected chi connectivity index (χ3v) is 3.27. The van der Waals surface area contributed by atoms with E-state index in [0.717, 1.165) is 11.1 Å². The summed E-state index contributed by atoms with van der Waals surface area (Å²) in [6, 6.07) is 8.80. The van der Waals surface area contributed by atoms with Crippen molar-refractivity contribution in [3.63, 3.8) is 0 Å². The van der Waals surface area contributed by atoms with E-state index in [-0.39, 0.29) is 0 Å². The second-order valence-electron chi connectivity index (χ2n) is 3.52. The normalized spacial score (nSPS) is 12.5. The van der Waals surface area contributed by atoms with Crippen molar-refractivity contribution in [2.24, 2.45) is 0 Å². The lowest BCUT2D eigenvalue weighted by Gasteiger charge is -2.13. The van der Waals surface area contributed by atoms with E-state index in [4.69, 9.17) is 0 Å². The largest absolute Gasteiger partial charge is 0.233 e. The van der Waals surface area contributed by atoms with Gasteiger partial charge in [-0.15, -0.1) is 22.4 Å². The van der Waals surface area contributed by atoms with E-state index in [0.29, 0.717) is 0 Å². The molecule has 0 aromatic heterocycles. The first-order valence-electron chi connectivity index (χ1n) is 4.93. The molecule has 1 aromatic carbocycles. The minimum absolute atomic E-state index is 0.718. The molecule has 70 valence electrons. The van der Waals surface area contributed by atoms with E-state index in [2.05, 4.69) is 60.5 Å². The molecule has 0 amide bonds. The van der Waals surface area contributed by atoms with Crippen molar-refractivity contribution in [1.82, 2.24) is 0 Å². The van der Waals surface area contributed by atoms with Gasteiger partial charge in [-0.3, -0.25) is 0 Å². The molecule has 0 nitrogen and oxygen atoms in total. The highest BCUT2D eigenvalue weighted by atomic mass is 127. The van der Waals surface area contributed by atoms with Crippen LogP contribution in [-0.4, -0.2) is 5.14 Å². The summed E-state index contributed by atoms with van der Waals surface area (Å²) in [5, 5.41) is 1.13. The van der Waals surface area contributed by atoms with Crippen LogP contribution < -0.4 is 5.46 Å². The number of hydrogen-bond acceptors (Lipinski definition) is 0. The maximum atomic E-state index is 2.44. The first-order valence-corrected chi connectivity index (χ1v) is 6.46.